The van der Waals surface area contributed by atoms with Gasteiger partial charge in [-0.1, -0.05) is 12.2 Å². The first-order chi connectivity index (χ1) is 13.9. The molecule has 0 saturated carbocycles. The lowest BCUT2D eigenvalue weighted by Crippen LogP contribution is -2.31. The molecule has 0 aliphatic carbocycles. The van der Waals surface area contributed by atoms with Gasteiger partial charge in [-0.05, 0) is 42.0 Å². The Kier molecular flexibility index (Phi) is 8.44. The summed E-state index contributed by atoms with van der Waals surface area (Å²) in [7, 11) is -3.65. The zero-order valence-corrected chi connectivity index (χ0v) is 19.8. The summed E-state index contributed by atoms with van der Waals surface area (Å²) in [5, 5.41) is 15.9. The lowest BCUT2D eigenvalue weighted by Gasteiger charge is -2.22. The molecule has 166 valence electrons. The van der Waals surface area contributed by atoms with Gasteiger partial charge in [0.2, 0.25) is 6.20 Å². The van der Waals surface area contributed by atoms with Crippen molar-refractivity contribution >= 4 is 55.3 Å². The molecule has 0 N–H and O–H groups in total. The number of aromatic nitrogens is 3. The van der Waals surface area contributed by atoms with Crippen LogP contribution >= 0.6 is 34.8 Å². The molecule has 13 heteroatoms. The molecular formula is C17H20F3IN4O3S2. The molecule has 2 aromatic heterocycles. The fourth-order valence-corrected chi connectivity index (χ4v) is 5.10. The van der Waals surface area contributed by atoms with E-state index in [2.05, 4.69) is 5.10 Å². The minimum atomic E-state index is -4.37. The molecule has 2 aromatic rings. The number of anilines is 1. The Morgan fingerprint density at radius 2 is 2.10 bits per heavy atom. The zero-order chi connectivity index (χ0) is 22.5. The molecule has 0 atom stereocenters. The van der Waals surface area contributed by atoms with E-state index in [4.69, 9.17) is 12.2 Å². The van der Waals surface area contributed by atoms with E-state index in [1.165, 1.54) is 17.1 Å². The highest BCUT2D eigenvalue weighted by Crippen LogP contribution is 2.25. The molecule has 0 bridgehead atoms. The normalized spacial score (nSPS) is 12.2. The summed E-state index contributed by atoms with van der Waals surface area (Å²) in [6, 6.07) is 3.30. The van der Waals surface area contributed by atoms with Crippen LogP contribution in [0.25, 0.3) is 5.69 Å². The highest BCUT2D eigenvalue weighted by molar-refractivity contribution is 14.1. The second-order valence-electron chi connectivity index (χ2n) is 6.43. The molecule has 0 unspecified atom stereocenters. The Balaban J connectivity index is 2.06. The molecule has 0 aliphatic heterocycles. The van der Waals surface area contributed by atoms with Crippen LogP contribution in [0, 0.1) is 8.91 Å². The average molecular weight is 576 g/mol. The van der Waals surface area contributed by atoms with Crippen molar-refractivity contribution in [2.24, 2.45) is 0 Å². The Morgan fingerprint density at radius 3 is 2.70 bits per heavy atom. The fraction of sp³-hybridized carbons (Fsp3) is 0.471. The Labute approximate surface area is 191 Å². The maximum absolute atomic E-state index is 12.2. The zero-order valence-electron chi connectivity index (χ0n) is 16.0. The molecule has 7 nitrogen and oxygen atoms in total. The van der Waals surface area contributed by atoms with E-state index in [-0.39, 0.29) is 12.2 Å². The predicted octanol–water partition coefficient (Wildman–Crippen LogP) is 3.41. The van der Waals surface area contributed by atoms with Crippen LogP contribution in [0.3, 0.4) is 0 Å². The Hall–Kier alpha value is -1.48. The first kappa shape index (κ1) is 24.8. The van der Waals surface area contributed by atoms with Gasteiger partial charge in [-0.25, -0.2) is 13.1 Å². The van der Waals surface area contributed by atoms with Gasteiger partial charge in [0.1, 0.15) is 9.39 Å². The van der Waals surface area contributed by atoms with Crippen molar-refractivity contribution in [3.8, 4) is 5.69 Å². The third kappa shape index (κ3) is 7.34. The summed E-state index contributed by atoms with van der Waals surface area (Å²) < 4.78 is 63.5. The number of nitrogens with zero attached hydrogens (tertiary/aromatic N) is 4. The second kappa shape index (κ2) is 10.2. The van der Waals surface area contributed by atoms with Crippen LogP contribution in [0.2, 0.25) is 0 Å². The molecule has 30 heavy (non-hydrogen) atoms. The van der Waals surface area contributed by atoms with Gasteiger partial charge in [0, 0.05) is 25.5 Å². The lowest BCUT2D eigenvalue weighted by atomic mass is 10.3. The highest BCUT2D eigenvalue weighted by Gasteiger charge is 2.27. The monoisotopic (exact) mass is 576 g/mol. The maximum Gasteiger partial charge on any atom is 0.389 e. The first-order valence-corrected chi connectivity index (χ1v) is 12.2. The van der Waals surface area contributed by atoms with Crippen LogP contribution in [-0.4, -0.2) is 47.4 Å². The van der Waals surface area contributed by atoms with Gasteiger partial charge >= 0.3 is 6.18 Å². The van der Waals surface area contributed by atoms with Gasteiger partial charge in [-0.15, -0.1) is 0 Å². The Morgan fingerprint density at radius 1 is 1.40 bits per heavy atom. The molecule has 0 radical (unpaired) electrons. The highest BCUT2D eigenvalue weighted by atomic mass is 127. The molecule has 2 heterocycles. The van der Waals surface area contributed by atoms with Crippen molar-refractivity contribution in [3.05, 3.63) is 39.6 Å². The number of thiocarbonyl (C=S) groups is 1. The van der Waals surface area contributed by atoms with Crippen molar-refractivity contribution in [3.63, 3.8) is 0 Å². The quantitative estimate of drug-likeness (QED) is 0.197. The summed E-state index contributed by atoms with van der Waals surface area (Å²) in [4.78, 5) is 2.07. The fourth-order valence-electron chi connectivity index (χ4n) is 2.69. The number of hydrogen-bond donors (Lipinski definition) is 0. The number of pyridine rings is 1. The average Bonchev–Trinajstić information content (AvgIpc) is 3.01. The van der Waals surface area contributed by atoms with Crippen LogP contribution in [-0.2, 0) is 9.84 Å². The molecule has 0 fully saturated rings. The summed E-state index contributed by atoms with van der Waals surface area (Å²) in [6.07, 6.45) is -1.55. The summed E-state index contributed by atoms with van der Waals surface area (Å²) in [6.45, 7) is 2.29. The van der Waals surface area contributed by atoms with Gasteiger partial charge in [-0.2, -0.15) is 23.0 Å². The molecule has 0 amide bonds. The van der Waals surface area contributed by atoms with Gasteiger partial charge < -0.3 is 10.1 Å². The topological polar surface area (TPSA) is 82.1 Å². The van der Waals surface area contributed by atoms with Gasteiger partial charge in [0.05, 0.1) is 28.4 Å². The number of alkyl halides is 3. The predicted molar refractivity (Wildman–Crippen MR) is 119 cm³/mol. The standard InChI is InChI=1S/C17H20F3IN4O3S2/c1-2-24(15(29)6-10-30(27,28)9-4-7-17(18,19)20)14-12-25(22-16(14)21)13-5-3-8-23(26)11-13/h3,5,8,11-12H,2,4,6-7,9-10H2,1H3. The van der Waals surface area contributed by atoms with E-state index in [0.29, 0.717) is 31.3 Å². The summed E-state index contributed by atoms with van der Waals surface area (Å²) in [5.41, 5.74) is 1.20. The van der Waals surface area contributed by atoms with Crippen LogP contribution in [0.15, 0.2) is 30.7 Å². The molecule has 0 saturated heterocycles. The summed E-state index contributed by atoms with van der Waals surface area (Å²) >= 11 is 7.41. The maximum atomic E-state index is 12.2. The van der Waals surface area contributed by atoms with E-state index >= 15 is 0 Å². The van der Waals surface area contributed by atoms with E-state index in [1.807, 2.05) is 29.5 Å². The minimum Gasteiger partial charge on any atom is -0.619 e. The largest absolute Gasteiger partial charge is 0.619 e. The van der Waals surface area contributed by atoms with E-state index in [0.717, 1.165) is 0 Å². The van der Waals surface area contributed by atoms with Crippen LogP contribution in [0.4, 0.5) is 18.9 Å². The Bertz CT molecular complexity index is 996. The van der Waals surface area contributed by atoms with E-state index < -0.39 is 34.6 Å². The van der Waals surface area contributed by atoms with E-state index in [9.17, 15) is 26.8 Å². The van der Waals surface area contributed by atoms with E-state index in [1.54, 1.807) is 23.2 Å². The molecular weight excluding hydrogens is 556 g/mol. The van der Waals surface area contributed by atoms with Crippen molar-refractivity contribution in [1.29, 1.82) is 0 Å². The van der Waals surface area contributed by atoms with Gasteiger partial charge in [0.25, 0.3) is 0 Å². The number of sulfone groups is 1. The minimum absolute atomic E-state index is 0.0185. The van der Waals surface area contributed by atoms with Crippen molar-refractivity contribution < 1.29 is 26.3 Å². The third-order valence-corrected chi connectivity index (χ3v) is 7.06. The van der Waals surface area contributed by atoms with Gasteiger partial charge in [-0.3, -0.25) is 0 Å². The summed E-state index contributed by atoms with van der Waals surface area (Å²) in [5.74, 6) is -0.848. The van der Waals surface area contributed by atoms with Crippen molar-refractivity contribution in [2.75, 3.05) is 23.0 Å². The first-order valence-electron chi connectivity index (χ1n) is 8.94. The third-order valence-electron chi connectivity index (χ3n) is 4.13. The number of rotatable bonds is 9. The lowest BCUT2D eigenvalue weighted by molar-refractivity contribution is -0.605. The molecule has 0 spiro atoms. The number of hydrogen-bond acceptors (Lipinski definition) is 5. The van der Waals surface area contributed by atoms with Crippen molar-refractivity contribution in [1.82, 2.24) is 9.78 Å². The van der Waals surface area contributed by atoms with Crippen LogP contribution in [0.1, 0.15) is 26.2 Å². The van der Waals surface area contributed by atoms with Crippen LogP contribution < -0.4 is 9.63 Å². The second-order valence-corrected chi connectivity index (χ2v) is 10.2. The molecule has 0 aliphatic rings. The SMILES string of the molecule is CCN(C(=S)CCS(=O)(=O)CCCC(F)(F)F)c1cn(-c2ccc[n+]([O-])c2)nc1I. The molecule has 2 rings (SSSR count). The van der Waals surface area contributed by atoms with Gasteiger partial charge in [0.15, 0.2) is 16.0 Å². The smallest absolute Gasteiger partial charge is 0.389 e. The van der Waals surface area contributed by atoms with Crippen LogP contribution in [0.5, 0.6) is 0 Å². The van der Waals surface area contributed by atoms with Crippen molar-refractivity contribution in [2.45, 2.75) is 32.4 Å². The number of halogens is 4. The molecule has 0 aromatic carbocycles.